The van der Waals surface area contributed by atoms with E-state index in [1.54, 1.807) is 12.1 Å². The zero-order valence-corrected chi connectivity index (χ0v) is 9.91. The molecule has 0 heterocycles. The summed E-state index contributed by atoms with van der Waals surface area (Å²) in [6.07, 6.45) is -4.60. The summed E-state index contributed by atoms with van der Waals surface area (Å²) in [7, 11) is 0. The highest BCUT2D eigenvalue weighted by molar-refractivity contribution is 6.28. The quantitative estimate of drug-likeness (QED) is 0.631. The molecule has 0 fully saturated rings. The van der Waals surface area contributed by atoms with Gasteiger partial charge in [0.05, 0.1) is 5.56 Å². The van der Waals surface area contributed by atoms with Crippen LogP contribution in [0.3, 0.4) is 0 Å². The van der Waals surface area contributed by atoms with Gasteiger partial charge in [-0.05, 0) is 18.2 Å². The molecule has 5 heteroatoms. The lowest BCUT2D eigenvalue weighted by Crippen LogP contribution is -2.22. The van der Waals surface area contributed by atoms with E-state index in [0.717, 1.165) is 6.07 Å². The van der Waals surface area contributed by atoms with Gasteiger partial charge in [-0.25, -0.2) is 0 Å². The Balaban J connectivity index is 2.24. The van der Waals surface area contributed by atoms with Gasteiger partial charge in [-0.3, -0.25) is 9.59 Å². The maximum atomic E-state index is 12.7. The first kappa shape index (κ1) is 12.6. The summed E-state index contributed by atoms with van der Waals surface area (Å²) in [6, 6.07) is 9.72. The lowest BCUT2D eigenvalue weighted by Gasteiger charge is -2.18. The van der Waals surface area contributed by atoms with Crippen LogP contribution in [0.1, 0.15) is 37.4 Å². The molecule has 2 nitrogen and oxygen atoms in total. The zero-order chi connectivity index (χ0) is 14.5. The Kier molecular flexibility index (Phi) is 2.54. The molecular weight excluding hydrogens is 269 g/mol. The van der Waals surface area contributed by atoms with E-state index in [-0.39, 0.29) is 22.3 Å². The van der Waals surface area contributed by atoms with Gasteiger partial charge in [-0.15, -0.1) is 0 Å². The standard InChI is InChI=1S/C15H6F3O2/c16-15(17,18)8-5-6-11-12(7-8)14(20)10-4-2-1-3-9(10)13(11)19/h1-4,6-7H. The van der Waals surface area contributed by atoms with Crippen molar-refractivity contribution < 1.29 is 22.8 Å². The van der Waals surface area contributed by atoms with E-state index >= 15 is 0 Å². The molecule has 0 saturated heterocycles. The van der Waals surface area contributed by atoms with Crippen LogP contribution in [0.4, 0.5) is 13.2 Å². The summed E-state index contributed by atoms with van der Waals surface area (Å²) in [5.41, 5.74) is -0.985. The highest BCUT2D eigenvalue weighted by Gasteiger charge is 2.35. The van der Waals surface area contributed by atoms with Gasteiger partial charge in [0.2, 0.25) is 0 Å². The predicted octanol–water partition coefficient (Wildman–Crippen LogP) is 3.28. The van der Waals surface area contributed by atoms with Crippen molar-refractivity contribution in [3.8, 4) is 0 Å². The first-order valence-electron chi connectivity index (χ1n) is 5.71. The molecule has 0 aromatic heterocycles. The maximum absolute atomic E-state index is 12.7. The molecule has 0 bridgehead atoms. The van der Waals surface area contributed by atoms with Crippen LogP contribution < -0.4 is 0 Å². The van der Waals surface area contributed by atoms with Gasteiger partial charge in [0.25, 0.3) is 0 Å². The van der Waals surface area contributed by atoms with E-state index in [4.69, 9.17) is 0 Å². The summed E-state index contributed by atoms with van der Waals surface area (Å²) >= 11 is 0. The molecular formula is C15H6F3O2. The number of benzene rings is 2. The fourth-order valence-electron chi connectivity index (χ4n) is 2.20. The average Bonchev–Trinajstić information content (AvgIpc) is 2.43. The van der Waals surface area contributed by atoms with Gasteiger partial charge in [0.15, 0.2) is 11.6 Å². The molecule has 1 aliphatic carbocycles. The molecule has 3 rings (SSSR count). The van der Waals surface area contributed by atoms with E-state index in [2.05, 4.69) is 0 Å². The molecule has 0 saturated carbocycles. The molecule has 2 aromatic carbocycles. The van der Waals surface area contributed by atoms with Crippen LogP contribution in [0.25, 0.3) is 0 Å². The first-order chi connectivity index (χ1) is 9.39. The minimum absolute atomic E-state index is 0.0401. The second-order valence-electron chi connectivity index (χ2n) is 4.38. The van der Waals surface area contributed by atoms with Crippen molar-refractivity contribution in [3.63, 3.8) is 0 Å². The van der Waals surface area contributed by atoms with Crippen LogP contribution in [-0.2, 0) is 6.18 Å². The van der Waals surface area contributed by atoms with Crippen LogP contribution in [0.15, 0.2) is 36.4 Å². The zero-order valence-electron chi connectivity index (χ0n) is 9.91. The van der Waals surface area contributed by atoms with E-state index in [9.17, 15) is 22.8 Å². The van der Waals surface area contributed by atoms with Crippen molar-refractivity contribution >= 4 is 11.6 Å². The van der Waals surface area contributed by atoms with Crippen molar-refractivity contribution in [1.29, 1.82) is 0 Å². The van der Waals surface area contributed by atoms with Crippen molar-refractivity contribution in [2.45, 2.75) is 6.18 Å². The molecule has 0 atom stereocenters. The van der Waals surface area contributed by atoms with E-state index in [1.165, 1.54) is 12.1 Å². The summed E-state index contributed by atoms with van der Waals surface area (Å²) in [4.78, 5) is 24.4. The fraction of sp³-hybridized carbons (Fsp3) is 0.0667. The fourth-order valence-corrected chi connectivity index (χ4v) is 2.20. The van der Waals surface area contributed by atoms with Crippen molar-refractivity contribution in [2.75, 3.05) is 0 Å². The number of ketones is 2. The third-order valence-electron chi connectivity index (χ3n) is 3.16. The van der Waals surface area contributed by atoms with E-state index < -0.39 is 23.3 Å². The second kappa shape index (κ2) is 4.03. The largest absolute Gasteiger partial charge is 0.417 e. The number of rotatable bonds is 0. The Morgan fingerprint density at radius 1 is 0.850 bits per heavy atom. The SMILES string of the molecule is O=C1c2c[c]c(C(F)(F)F)cc2C(=O)c2ccccc21. The lowest BCUT2D eigenvalue weighted by atomic mass is 9.83. The number of carbonyl (C=O) groups excluding carboxylic acids is 2. The Labute approximate surface area is 111 Å². The van der Waals surface area contributed by atoms with Gasteiger partial charge < -0.3 is 0 Å². The predicted molar refractivity (Wildman–Crippen MR) is 63.6 cm³/mol. The molecule has 1 aliphatic rings. The van der Waals surface area contributed by atoms with Crippen molar-refractivity contribution in [1.82, 2.24) is 0 Å². The van der Waals surface area contributed by atoms with E-state index in [0.29, 0.717) is 6.07 Å². The number of alkyl halides is 3. The van der Waals surface area contributed by atoms with Crippen molar-refractivity contribution in [3.05, 3.63) is 70.3 Å². The third kappa shape index (κ3) is 1.74. The average molecular weight is 275 g/mol. The Morgan fingerprint density at radius 3 is 1.95 bits per heavy atom. The van der Waals surface area contributed by atoms with Gasteiger partial charge >= 0.3 is 6.18 Å². The number of carbonyl (C=O) groups is 2. The molecule has 99 valence electrons. The van der Waals surface area contributed by atoms with Gasteiger partial charge in [0, 0.05) is 22.3 Å². The number of hydrogen-bond donors (Lipinski definition) is 0. The number of hydrogen-bond acceptors (Lipinski definition) is 2. The normalized spacial score (nSPS) is 13.9. The van der Waals surface area contributed by atoms with Gasteiger partial charge in [-0.2, -0.15) is 13.2 Å². The topological polar surface area (TPSA) is 34.1 Å². The second-order valence-corrected chi connectivity index (χ2v) is 4.38. The molecule has 1 radical (unpaired) electrons. The van der Waals surface area contributed by atoms with Gasteiger partial charge in [-0.1, -0.05) is 24.3 Å². The Morgan fingerprint density at radius 2 is 1.40 bits per heavy atom. The molecule has 0 N–H and O–H groups in total. The van der Waals surface area contributed by atoms with Crippen LogP contribution in [0.5, 0.6) is 0 Å². The minimum Gasteiger partial charge on any atom is -0.289 e. The summed E-state index contributed by atoms with van der Waals surface area (Å²) in [5, 5.41) is 0. The third-order valence-corrected chi connectivity index (χ3v) is 3.16. The molecule has 0 spiro atoms. The summed E-state index contributed by atoms with van der Waals surface area (Å²) in [6.45, 7) is 0. The first-order valence-corrected chi connectivity index (χ1v) is 5.71. The highest BCUT2D eigenvalue weighted by Crippen LogP contribution is 2.33. The summed E-state index contributed by atoms with van der Waals surface area (Å²) in [5.74, 6) is -1.03. The lowest BCUT2D eigenvalue weighted by molar-refractivity contribution is -0.137. The minimum atomic E-state index is -4.60. The number of halogens is 3. The van der Waals surface area contributed by atoms with Crippen LogP contribution in [0, 0.1) is 6.07 Å². The smallest absolute Gasteiger partial charge is 0.289 e. The summed E-state index contributed by atoms with van der Waals surface area (Å²) < 4.78 is 38.0. The molecule has 0 amide bonds. The highest BCUT2D eigenvalue weighted by atomic mass is 19.4. The molecule has 0 unspecified atom stereocenters. The number of fused-ring (bicyclic) bond motifs is 2. The van der Waals surface area contributed by atoms with E-state index in [1.807, 2.05) is 6.07 Å². The monoisotopic (exact) mass is 275 g/mol. The Bertz CT molecular complexity index is 745. The molecule has 2 aromatic rings. The maximum Gasteiger partial charge on any atom is 0.417 e. The van der Waals surface area contributed by atoms with Crippen LogP contribution in [-0.4, -0.2) is 11.6 Å². The molecule has 20 heavy (non-hydrogen) atoms. The van der Waals surface area contributed by atoms with Crippen LogP contribution in [0.2, 0.25) is 0 Å². The van der Waals surface area contributed by atoms with Gasteiger partial charge in [0.1, 0.15) is 0 Å². The van der Waals surface area contributed by atoms with Crippen molar-refractivity contribution in [2.24, 2.45) is 0 Å². The molecule has 0 aliphatic heterocycles. The Hall–Kier alpha value is -2.43. The van der Waals surface area contributed by atoms with Crippen LogP contribution >= 0.6 is 0 Å².